The van der Waals surface area contributed by atoms with Crippen LogP contribution < -0.4 is 25.9 Å². The Kier molecular flexibility index (Phi) is 18.4. The van der Waals surface area contributed by atoms with Crippen LogP contribution in [0.25, 0.3) is 21.8 Å². The van der Waals surface area contributed by atoms with Crippen LogP contribution in [-0.4, -0.2) is 107 Å². The van der Waals surface area contributed by atoms with Gasteiger partial charge in [-0.1, -0.05) is 58.5 Å². The van der Waals surface area contributed by atoms with Crippen molar-refractivity contribution in [1.29, 1.82) is 0 Å². The fourth-order valence-corrected chi connectivity index (χ4v) is 7.58. The van der Waals surface area contributed by atoms with Crippen LogP contribution in [0.2, 0.25) is 20.1 Å². The summed E-state index contributed by atoms with van der Waals surface area (Å²) < 4.78 is 36.3. The smallest absolute Gasteiger partial charge is 0.341 e. The maximum atomic E-state index is 13.5. The molecular weight excluding hydrogens is 954 g/mol. The Morgan fingerprint density at radius 2 is 1.07 bits per heavy atom. The van der Waals surface area contributed by atoms with Gasteiger partial charge in [0.1, 0.15) is 41.1 Å². The third-order valence-electron chi connectivity index (χ3n) is 10.5. The van der Waals surface area contributed by atoms with Gasteiger partial charge in [-0.3, -0.25) is 25.1 Å². The maximum Gasteiger partial charge on any atom is 0.341 e. The predicted octanol–water partition coefficient (Wildman–Crippen LogP) is 8.42. The summed E-state index contributed by atoms with van der Waals surface area (Å²) in [6.45, 7) is 2.55. The standard InChI is InChI=1S/C24H22Cl2FN3O3.C15H17ClN4O.C8H6ClFO3/c25-16-2-6-22-15(11-16)1-5-23(29-22)24(32)28-17-7-9-30(10-8-17)13-18(31)14-33-19-3-4-20(26)21(27)12-19;16-11-2-4-13-10(9-11)1-3-14(19-13)15(21)18-12-5-7-20(17)8-6-12;9-6-2-1-5(3-7(6)10)13-4-8(11)12/h1-6,11-12,17H,7-10,13-14H2,(H,28,32);1-4,9,12H,5-8,17H2,(H,18,21);1-3H,4H2,(H,11,12). The minimum Gasteiger partial charge on any atom is -0.486 e. The third-order valence-corrected chi connectivity index (χ3v) is 11.6. The van der Waals surface area contributed by atoms with Crippen LogP contribution in [0.5, 0.6) is 11.5 Å². The SMILES string of the molecule is NN1CCC(NC(=O)c2ccc3cc(Cl)ccc3n2)CC1.O=C(COc1ccc(Cl)c(F)c1)CN1CCC(NC(=O)c2ccc3cc(Cl)ccc3n2)CC1.O=C(O)COc1ccc(Cl)c(F)c1. The van der Waals surface area contributed by atoms with E-state index in [0.29, 0.717) is 40.0 Å². The van der Waals surface area contributed by atoms with Crippen molar-refractivity contribution >= 4 is 91.8 Å². The highest BCUT2D eigenvalue weighted by Crippen LogP contribution is 2.23. The average molecular weight is 1000 g/mol. The number of rotatable bonds is 12. The number of nitrogens with one attached hydrogen (secondary N) is 2. The molecule has 0 radical (unpaired) electrons. The molecule has 4 aromatic carbocycles. The topological polar surface area (TPSA) is 189 Å². The first-order chi connectivity index (χ1) is 32.1. The Morgan fingerprint density at radius 1 is 0.627 bits per heavy atom. The minimum atomic E-state index is -1.12. The van der Waals surface area contributed by atoms with Crippen LogP contribution in [0, 0.1) is 11.6 Å². The lowest BCUT2D eigenvalue weighted by molar-refractivity contribution is -0.139. The van der Waals surface area contributed by atoms with Crippen LogP contribution in [0.3, 0.4) is 0 Å². The first-order valence-electron chi connectivity index (χ1n) is 20.9. The van der Waals surface area contributed by atoms with E-state index in [4.69, 9.17) is 66.8 Å². The van der Waals surface area contributed by atoms with E-state index in [1.165, 1.54) is 24.3 Å². The Morgan fingerprint density at radius 3 is 1.52 bits per heavy atom. The first-order valence-corrected chi connectivity index (χ1v) is 22.4. The molecule has 0 spiro atoms. The molecule has 67 heavy (non-hydrogen) atoms. The van der Waals surface area contributed by atoms with E-state index in [2.05, 4.69) is 20.6 Å². The highest BCUT2D eigenvalue weighted by Gasteiger charge is 2.24. The number of carboxylic acid groups (broad SMARTS) is 1. The van der Waals surface area contributed by atoms with Gasteiger partial charge in [0, 0.05) is 71.2 Å². The molecule has 0 saturated carbocycles. The number of piperidine rings is 2. The van der Waals surface area contributed by atoms with Gasteiger partial charge < -0.3 is 25.2 Å². The van der Waals surface area contributed by atoms with Gasteiger partial charge in [-0.05, 0) is 98.5 Å². The molecule has 0 bridgehead atoms. The normalized spacial score (nSPS) is 14.6. The second kappa shape index (κ2) is 24.3. The summed E-state index contributed by atoms with van der Waals surface area (Å²) in [7, 11) is 0. The molecule has 2 saturated heterocycles. The van der Waals surface area contributed by atoms with Crippen LogP contribution >= 0.6 is 46.4 Å². The van der Waals surface area contributed by atoms with E-state index in [0.717, 1.165) is 67.2 Å². The zero-order chi connectivity index (χ0) is 48.0. The van der Waals surface area contributed by atoms with Gasteiger partial charge in [0.2, 0.25) is 0 Å². The lowest BCUT2D eigenvalue weighted by Gasteiger charge is -2.31. The lowest BCUT2D eigenvalue weighted by Crippen LogP contribution is -2.47. The molecule has 0 aliphatic carbocycles. The highest BCUT2D eigenvalue weighted by atomic mass is 35.5. The lowest BCUT2D eigenvalue weighted by atomic mass is 10.0. The van der Waals surface area contributed by atoms with Crippen molar-refractivity contribution in [2.45, 2.75) is 37.8 Å². The molecule has 352 valence electrons. The van der Waals surface area contributed by atoms with E-state index in [9.17, 15) is 28.0 Å². The predicted molar refractivity (Wildman–Crippen MR) is 253 cm³/mol. The van der Waals surface area contributed by atoms with Gasteiger partial charge in [0.25, 0.3) is 11.8 Å². The van der Waals surface area contributed by atoms with Gasteiger partial charge in [-0.25, -0.2) is 28.6 Å². The summed E-state index contributed by atoms with van der Waals surface area (Å²) >= 11 is 23.0. The zero-order valence-electron chi connectivity index (χ0n) is 35.7. The number of amides is 2. The van der Waals surface area contributed by atoms with Gasteiger partial charge >= 0.3 is 5.97 Å². The number of carbonyl (C=O) groups is 4. The molecule has 2 aliphatic heterocycles. The minimum absolute atomic E-state index is 0.00458. The molecule has 14 nitrogen and oxygen atoms in total. The molecule has 5 N–H and O–H groups in total. The monoisotopic (exact) mass is 997 g/mol. The largest absolute Gasteiger partial charge is 0.486 e. The van der Waals surface area contributed by atoms with E-state index in [-0.39, 0.29) is 64.4 Å². The van der Waals surface area contributed by atoms with Gasteiger partial charge in [0.05, 0.1) is 27.6 Å². The van der Waals surface area contributed by atoms with Crippen LogP contribution in [0.4, 0.5) is 8.78 Å². The number of carboxylic acids is 1. The summed E-state index contributed by atoms with van der Waals surface area (Å²) in [4.78, 5) is 58.0. The number of ether oxygens (including phenoxy) is 2. The van der Waals surface area contributed by atoms with Gasteiger partial charge in [0.15, 0.2) is 12.4 Å². The van der Waals surface area contributed by atoms with Crippen molar-refractivity contribution in [1.82, 2.24) is 30.5 Å². The van der Waals surface area contributed by atoms with E-state index < -0.39 is 24.2 Å². The molecule has 6 aromatic rings. The van der Waals surface area contributed by atoms with Gasteiger partial charge in [-0.2, -0.15) is 0 Å². The van der Waals surface area contributed by atoms with Crippen molar-refractivity contribution in [3.63, 3.8) is 0 Å². The molecule has 8 rings (SSSR count). The van der Waals surface area contributed by atoms with Crippen molar-refractivity contribution in [3.05, 3.63) is 140 Å². The third kappa shape index (κ3) is 15.7. The average Bonchev–Trinajstić information content (AvgIpc) is 3.31. The fourth-order valence-electron chi connectivity index (χ4n) is 6.98. The summed E-state index contributed by atoms with van der Waals surface area (Å²) in [5.74, 6) is 3.32. The molecule has 2 aromatic heterocycles. The van der Waals surface area contributed by atoms with Crippen LogP contribution in [0.15, 0.2) is 97.1 Å². The Bertz CT molecular complexity index is 2720. The fraction of sp³-hybridized carbons (Fsp3) is 0.277. The molecule has 20 heteroatoms. The summed E-state index contributed by atoms with van der Waals surface area (Å²) in [5.41, 5.74) is 2.27. The highest BCUT2D eigenvalue weighted by molar-refractivity contribution is 6.32. The number of pyridine rings is 2. The number of fused-ring (bicyclic) bond motifs is 2. The Hall–Kier alpha value is -5.72. The number of nitrogens with zero attached hydrogens (tertiary/aromatic N) is 4. The number of aromatic nitrogens is 2. The summed E-state index contributed by atoms with van der Waals surface area (Å²) in [5, 5.41) is 19.2. The number of halogens is 6. The number of nitrogens with two attached hydrogens (primary N) is 1. The van der Waals surface area contributed by atoms with Crippen molar-refractivity contribution in [2.75, 3.05) is 45.9 Å². The molecule has 4 heterocycles. The van der Waals surface area contributed by atoms with Crippen molar-refractivity contribution in [2.24, 2.45) is 5.84 Å². The number of likely N-dealkylation sites (tertiary alicyclic amines) is 1. The van der Waals surface area contributed by atoms with Crippen molar-refractivity contribution in [3.8, 4) is 11.5 Å². The number of hydrogen-bond acceptors (Lipinski definition) is 11. The van der Waals surface area contributed by atoms with Crippen LogP contribution in [-0.2, 0) is 9.59 Å². The van der Waals surface area contributed by atoms with Crippen LogP contribution in [0.1, 0.15) is 46.7 Å². The number of ketones is 1. The number of hydrazine groups is 1. The number of carbonyl (C=O) groups excluding carboxylic acids is 3. The van der Waals surface area contributed by atoms with Crippen molar-refractivity contribution < 1.29 is 42.5 Å². The second-order valence-electron chi connectivity index (χ2n) is 15.5. The molecular formula is C47H45Cl4F2N7O7. The molecule has 0 unspecified atom stereocenters. The number of hydrogen-bond donors (Lipinski definition) is 4. The summed E-state index contributed by atoms with van der Waals surface area (Å²) in [6.07, 6.45) is 3.19. The number of benzene rings is 4. The Labute approximate surface area is 404 Å². The summed E-state index contributed by atoms with van der Waals surface area (Å²) in [6, 6.07) is 25.9. The van der Waals surface area contributed by atoms with E-state index in [1.807, 2.05) is 29.2 Å². The maximum absolute atomic E-state index is 13.5. The number of aliphatic carboxylic acids is 1. The first kappa shape index (κ1) is 50.7. The second-order valence-corrected chi connectivity index (χ2v) is 17.2. The number of Topliss-reactive ketones (excluding diaryl/α,β-unsaturated/α-hetero) is 1. The molecule has 0 atom stereocenters. The van der Waals surface area contributed by atoms with Gasteiger partial charge in [-0.15, -0.1) is 0 Å². The molecule has 2 aliphatic rings. The zero-order valence-corrected chi connectivity index (χ0v) is 38.7. The van der Waals surface area contributed by atoms with E-state index in [1.54, 1.807) is 41.4 Å². The molecule has 2 fully saturated rings. The molecule has 2 amide bonds. The Balaban J connectivity index is 0.000000185. The quantitative estimate of drug-likeness (QED) is 0.0859. The van der Waals surface area contributed by atoms with E-state index >= 15 is 0 Å².